The molecule has 0 aliphatic heterocycles. The van der Waals surface area contributed by atoms with Gasteiger partial charge in [-0.3, -0.25) is 14.4 Å². The average molecular weight is 437 g/mol. The van der Waals surface area contributed by atoms with Crippen molar-refractivity contribution in [1.82, 2.24) is 0 Å². The number of carbonyl (C=O) groups excluding carboxylic acids is 3. The van der Waals surface area contributed by atoms with E-state index in [0.29, 0.717) is 22.5 Å². The lowest BCUT2D eigenvalue weighted by Crippen LogP contribution is -2.20. The molecule has 2 amide bonds. The first-order valence-corrected chi connectivity index (χ1v) is 11.7. The Morgan fingerprint density at radius 1 is 0.656 bits per heavy atom. The van der Waals surface area contributed by atoms with Crippen molar-refractivity contribution >= 4 is 29.0 Å². The van der Waals surface area contributed by atoms with Crippen LogP contribution in [0.2, 0.25) is 0 Å². The standard InChI is InChI=1S/C27H36N2O3/c1-5-7-9-19(3)26(31)28-23-15-11-21(12-16-23)25(30)22-13-17-24(18-14-22)29-27(32)20(4)10-8-6-2/h11-20H,5-10H2,1-4H3,(H,28,31)(H,29,32). The molecule has 172 valence electrons. The van der Waals surface area contributed by atoms with Crippen LogP contribution >= 0.6 is 0 Å². The van der Waals surface area contributed by atoms with Gasteiger partial charge in [0.05, 0.1) is 0 Å². The Kier molecular flexibility index (Phi) is 10.1. The van der Waals surface area contributed by atoms with E-state index in [0.717, 1.165) is 38.5 Å². The molecular formula is C27H36N2O3. The summed E-state index contributed by atoms with van der Waals surface area (Å²) in [6.45, 7) is 8.08. The van der Waals surface area contributed by atoms with Gasteiger partial charge >= 0.3 is 0 Å². The highest BCUT2D eigenvalue weighted by Gasteiger charge is 2.15. The normalized spacial score (nSPS) is 12.6. The topological polar surface area (TPSA) is 75.3 Å². The molecule has 2 rings (SSSR count). The highest BCUT2D eigenvalue weighted by atomic mass is 16.2. The predicted octanol–water partition coefficient (Wildman–Crippen LogP) is 6.45. The van der Waals surface area contributed by atoms with Crippen LogP contribution in [0.15, 0.2) is 48.5 Å². The van der Waals surface area contributed by atoms with Crippen molar-refractivity contribution in [3.05, 3.63) is 59.7 Å². The van der Waals surface area contributed by atoms with E-state index in [4.69, 9.17) is 0 Å². The molecule has 2 unspecified atom stereocenters. The fourth-order valence-electron chi connectivity index (χ4n) is 3.39. The molecule has 0 aromatic heterocycles. The summed E-state index contributed by atoms with van der Waals surface area (Å²) in [6.07, 6.45) is 5.94. The molecule has 0 saturated carbocycles. The first kappa shape index (κ1) is 25.3. The third kappa shape index (κ3) is 7.63. The van der Waals surface area contributed by atoms with Gasteiger partial charge in [0, 0.05) is 34.3 Å². The molecule has 0 heterocycles. The number of ketones is 1. The summed E-state index contributed by atoms with van der Waals surface area (Å²) in [7, 11) is 0. The molecule has 0 fully saturated rings. The number of amides is 2. The third-order valence-corrected chi connectivity index (χ3v) is 5.71. The lowest BCUT2D eigenvalue weighted by Gasteiger charge is -2.12. The zero-order chi connectivity index (χ0) is 23.5. The monoisotopic (exact) mass is 436 g/mol. The van der Waals surface area contributed by atoms with Crippen molar-refractivity contribution in [2.45, 2.75) is 66.2 Å². The van der Waals surface area contributed by atoms with E-state index >= 15 is 0 Å². The molecule has 0 saturated heterocycles. The third-order valence-electron chi connectivity index (χ3n) is 5.71. The Morgan fingerprint density at radius 3 is 1.31 bits per heavy atom. The fourth-order valence-corrected chi connectivity index (χ4v) is 3.39. The Hall–Kier alpha value is -2.95. The van der Waals surface area contributed by atoms with Crippen molar-refractivity contribution in [3.63, 3.8) is 0 Å². The van der Waals surface area contributed by atoms with E-state index in [-0.39, 0.29) is 29.4 Å². The van der Waals surface area contributed by atoms with Gasteiger partial charge in [0.25, 0.3) is 0 Å². The molecule has 5 heteroatoms. The minimum absolute atomic E-state index is 0.000764. The van der Waals surface area contributed by atoms with E-state index in [2.05, 4.69) is 24.5 Å². The summed E-state index contributed by atoms with van der Waals surface area (Å²) in [4.78, 5) is 37.3. The molecule has 2 aromatic rings. The van der Waals surface area contributed by atoms with Crippen LogP contribution < -0.4 is 10.6 Å². The number of hydrogen-bond donors (Lipinski definition) is 2. The first-order chi connectivity index (χ1) is 15.3. The van der Waals surface area contributed by atoms with Gasteiger partial charge in [-0.2, -0.15) is 0 Å². The molecular weight excluding hydrogens is 400 g/mol. The zero-order valence-corrected chi connectivity index (χ0v) is 19.7. The summed E-state index contributed by atoms with van der Waals surface area (Å²) >= 11 is 0. The first-order valence-electron chi connectivity index (χ1n) is 11.7. The highest BCUT2D eigenvalue weighted by molar-refractivity contribution is 6.09. The molecule has 0 aliphatic rings. The number of benzene rings is 2. The maximum Gasteiger partial charge on any atom is 0.227 e. The maximum atomic E-state index is 12.8. The summed E-state index contributed by atoms with van der Waals surface area (Å²) in [5, 5.41) is 5.83. The number of anilines is 2. The van der Waals surface area contributed by atoms with Crippen LogP contribution in [0.4, 0.5) is 11.4 Å². The van der Waals surface area contributed by atoms with Crippen LogP contribution in [-0.2, 0) is 9.59 Å². The lowest BCUT2D eigenvalue weighted by atomic mass is 10.0. The van der Waals surface area contributed by atoms with Crippen molar-refractivity contribution in [2.75, 3.05) is 10.6 Å². The zero-order valence-electron chi connectivity index (χ0n) is 19.7. The average Bonchev–Trinajstić information content (AvgIpc) is 2.81. The minimum Gasteiger partial charge on any atom is -0.326 e. The van der Waals surface area contributed by atoms with Gasteiger partial charge in [-0.15, -0.1) is 0 Å². The molecule has 2 atom stereocenters. The summed E-state index contributed by atoms with van der Waals surface area (Å²) in [5.74, 6) is -0.179. The maximum absolute atomic E-state index is 12.8. The Balaban J connectivity index is 1.95. The van der Waals surface area contributed by atoms with Crippen LogP contribution in [0.5, 0.6) is 0 Å². The van der Waals surface area contributed by atoms with E-state index in [1.807, 2.05) is 13.8 Å². The van der Waals surface area contributed by atoms with Gasteiger partial charge in [-0.05, 0) is 61.4 Å². The number of carbonyl (C=O) groups is 3. The molecule has 0 radical (unpaired) electrons. The summed E-state index contributed by atoms with van der Waals surface area (Å²) in [5.41, 5.74) is 2.47. The van der Waals surface area contributed by atoms with Gasteiger partial charge < -0.3 is 10.6 Å². The second kappa shape index (κ2) is 12.8. The Bertz CT molecular complexity index is 815. The lowest BCUT2D eigenvalue weighted by molar-refractivity contribution is -0.120. The van der Waals surface area contributed by atoms with E-state index in [1.165, 1.54) is 0 Å². The van der Waals surface area contributed by atoms with Crippen molar-refractivity contribution < 1.29 is 14.4 Å². The van der Waals surface area contributed by atoms with Crippen LogP contribution in [0, 0.1) is 11.8 Å². The molecule has 2 N–H and O–H groups in total. The largest absolute Gasteiger partial charge is 0.326 e. The van der Waals surface area contributed by atoms with E-state index < -0.39 is 0 Å². The quantitative estimate of drug-likeness (QED) is 0.376. The van der Waals surface area contributed by atoms with E-state index in [1.54, 1.807) is 48.5 Å². The molecule has 0 aliphatic carbocycles. The van der Waals surface area contributed by atoms with Crippen LogP contribution in [0.3, 0.4) is 0 Å². The van der Waals surface area contributed by atoms with Crippen molar-refractivity contribution in [2.24, 2.45) is 11.8 Å². The molecule has 32 heavy (non-hydrogen) atoms. The van der Waals surface area contributed by atoms with Crippen LogP contribution in [-0.4, -0.2) is 17.6 Å². The van der Waals surface area contributed by atoms with Gasteiger partial charge in [0.2, 0.25) is 11.8 Å². The number of unbranched alkanes of at least 4 members (excludes halogenated alkanes) is 2. The summed E-state index contributed by atoms with van der Waals surface area (Å²) < 4.78 is 0. The predicted molar refractivity (Wildman–Crippen MR) is 131 cm³/mol. The van der Waals surface area contributed by atoms with Crippen LogP contribution in [0.25, 0.3) is 0 Å². The number of nitrogens with one attached hydrogen (secondary N) is 2. The van der Waals surface area contributed by atoms with Gasteiger partial charge in [-0.25, -0.2) is 0 Å². The number of hydrogen-bond acceptors (Lipinski definition) is 3. The van der Waals surface area contributed by atoms with Gasteiger partial charge in [0.15, 0.2) is 5.78 Å². The minimum atomic E-state index is -0.103. The summed E-state index contributed by atoms with van der Waals surface area (Å²) in [6, 6.07) is 13.9. The Morgan fingerprint density at radius 2 is 1.00 bits per heavy atom. The SMILES string of the molecule is CCCCC(C)C(=O)Nc1ccc(C(=O)c2ccc(NC(=O)C(C)CCCC)cc2)cc1. The molecule has 0 spiro atoms. The molecule has 2 aromatic carbocycles. The smallest absolute Gasteiger partial charge is 0.227 e. The second-order valence-corrected chi connectivity index (χ2v) is 8.55. The van der Waals surface area contributed by atoms with Crippen molar-refractivity contribution in [3.8, 4) is 0 Å². The van der Waals surface area contributed by atoms with E-state index in [9.17, 15) is 14.4 Å². The fraction of sp³-hybridized carbons (Fsp3) is 0.444. The highest BCUT2D eigenvalue weighted by Crippen LogP contribution is 2.18. The van der Waals surface area contributed by atoms with Crippen LogP contribution in [0.1, 0.15) is 82.1 Å². The Labute approximate surface area is 192 Å². The van der Waals surface area contributed by atoms with Gasteiger partial charge in [-0.1, -0.05) is 53.4 Å². The second-order valence-electron chi connectivity index (χ2n) is 8.55. The molecule has 5 nitrogen and oxygen atoms in total. The van der Waals surface area contributed by atoms with Crippen molar-refractivity contribution in [1.29, 1.82) is 0 Å². The molecule has 0 bridgehead atoms. The number of rotatable bonds is 12. The van der Waals surface area contributed by atoms with Gasteiger partial charge in [0.1, 0.15) is 0 Å².